The van der Waals surface area contributed by atoms with E-state index >= 15 is 0 Å². The summed E-state index contributed by atoms with van der Waals surface area (Å²) in [6, 6.07) is 2.16. The highest BCUT2D eigenvalue weighted by molar-refractivity contribution is 4.80. The van der Waals surface area contributed by atoms with Crippen LogP contribution in [0.2, 0.25) is 0 Å². The molecule has 7 heavy (non-hydrogen) atoms. The lowest BCUT2D eigenvalue weighted by Gasteiger charge is -2.02. The smallest absolute Gasteiger partial charge is 0.0655 e. The average molecular weight is 97.2 g/mol. The fraction of sp³-hybridized carbons (Fsp3) is 0.833. The topological polar surface area (TPSA) is 23.8 Å². The monoisotopic (exact) mass is 97.1 g/mol. The summed E-state index contributed by atoms with van der Waals surface area (Å²) < 4.78 is 0. The molecule has 0 saturated heterocycles. The lowest BCUT2D eigenvalue weighted by atomic mass is 10.0. The van der Waals surface area contributed by atoms with E-state index in [2.05, 4.69) is 6.07 Å². The molecule has 1 atom stereocenters. The SMILES string of the molecule is CC(C)C(C)C#N. The molecule has 0 N–H and O–H groups in total. The Bertz CT molecular complexity index is 78.7. The minimum Gasteiger partial charge on any atom is -0.198 e. The van der Waals surface area contributed by atoms with Crippen molar-refractivity contribution in [2.75, 3.05) is 0 Å². The van der Waals surface area contributed by atoms with E-state index in [1.54, 1.807) is 0 Å². The summed E-state index contributed by atoms with van der Waals surface area (Å²) in [5.41, 5.74) is 0. The number of nitrogens with zero attached hydrogens (tertiary/aromatic N) is 1. The molecule has 0 aliphatic rings. The van der Waals surface area contributed by atoms with Crippen molar-refractivity contribution in [3.63, 3.8) is 0 Å². The number of nitriles is 1. The van der Waals surface area contributed by atoms with Crippen LogP contribution in [0.4, 0.5) is 0 Å². The van der Waals surface area contributed by atoms with Crippen molar-refractivity contribution in [3.05, 3.63) is 0 Å². The zero-order valence-corrected chi connectivity index (χ0v) is 5.10. The van der Waals surface area contributed by atoms with Crippen LogP contribution in [0.3, 0.4) is 0 Å². The van der Waals surface area contributed by atoms with Crippen LogP contribution in [-0.4, -0.2) is 0 Å². The van der Waals surface area contributed by atoms with Gasteiger partial charge < -0.3 is 0 Å². The molecule has 0 heterocycles. The first-order valence-corrected chi connectivity index (χ1v) is 2.58. The minimum absolute atomic E-state index is 0.208. The second kappa shape index (κ2) is 2.63. The van der Waals surface area contributed by atoms with Crippen molar-refractivity contribution in [1.29, 1.82) is 5.26 Å². The molecule has 0 amide bonds. The van der Waals surface area contributed by atoms with Gasteiger partial charge in [0.2, 0.25) is 0 Å². The Kier molecular flexibility index (Phi) is 2.44. The molecule has 0 aromatic carbocycles. The van der Waals surface area contributed by atoms with Gasteiger partial charge in [0.1, 0.15) is 0 Å². The van der Waals surface area contributed by atoms with Crippen molar-refractivity contribution < 1.29 is 0 Å². The molecule has 0 aromatic rings. The number of hydrogen-bond donors (Lipinski definition) is 0. The van der Waals surface area contributed by atoms with E-state index in [-0.39, 0.29) is 5.92 Å². The molecule has 1 heteroatoms. The van der Waals surface area contributed by atoms with Crippen molar-refractivity contribution in [2.24, 2.45) is 11.8 Å². The van der Waals surface area contributed by atoms with E-state index in [1.165, 1.54) is 0 Å². The van der Waals surface area contributed by atoms with Crippen LogP contribution >= 0.6 is 0 Å². The Morgan fingerprint density at radius 3 is 1.71 bits per heavy atom. The zero-order chi connectivity index (χ0) is 5.86. The molecule has 0 aromatic heterocycles. The van der Waals surface area contributed by atoms with Crippen molar-refractivity contribution in [2.45, 2.75) is 20.8 Å². The van der Waals surface area contributed by atoms with Crippen LogP contribution in [0, 0.1) is 23.2 Å². The Morgan fingerprint density at radius 2 is 1.71 bits per heavy atom. The van der Waals surface area contributed by atoms with Gasteiger partial charge >= 0.3 is 0 Å². The third kappa shape index (κ3) is 2.22. The Labute approximate surface area is 45.0 Å². The number of rotatable bonds is 1. The Morgan fingerprint density at radius 1 is 1.29 bits per heavy atom. The standard InChI is InChI=1S/C6H11N/c1-5(2)6(3)4-7/h5-6H,1-3H3. The molecule has 1 unspecified atom stereocenters. The lowest BCUT2D eigenvalue weighted by Crippen LogP contribution is -1.98. The van der Waals surface area contributed by atoms with Gasteiger partial charge in [0.25, 0.3) is 0 Å². The van der Waals surface area contributed by atoms with Gasteiger partial charge in [0.15, 0.2) is 0 Å². The van der Waals surface area contributed by atoms with E-state index in [0.717, 1.165) is 0 Å². The lowest BCUT2D eigenvalue weighted by molar-refractivity contribution is 0.515. The molecular formula is C6H11N. The largest absolute Gasteiger partial charge is 0.198 e. The highest BCUT2D eigenvalue weighted by Gasteiger charge is 2.02. The minimum atomic E-state index is 0.208. The second-order valence-electron chi connectivity index (χ2n) is 2.16. The quantitative estimate of drug-likeness (QED) is 0.489. The van der Waals surface area contributed by atoms with Gasteiger partial charge in [-0.1, -0.05) is 13.8 Å². The first kappa shape index (κ1) is 6.49. The summed E-state index contributed by atoms with van der Waals surface area (Å²) in [5.74, 6) is 0.713. The summed E-state index contributed by atoms with van der Waals surface area (Å²) in [5, 5.41) is 8.26. The number of hydrogen-bond acceptors (Lipinski definition) is 1. The normalized spacial score (nSPS) is 13.6. The fourth-order valence-electron chi connectivity index (χ4n) is 0.149. The Hall–Kier alpha value is -0.510. The maximum atomic E-state index is 8.26. The summed E-state index contributed by atoms with van der Waals surface area (Å²) in [6.07, 6.45) is 0. The Balaban J connectivity index is 3.40. The molecule has 0 fully saturated rings. The fourth-order valence-corrected chi connectivity index (χ4v) is 0.149. The zero-order valence-electron chi connectivity index (χ0n) is 5.10. The third-order valence-electron chi connectivity index (χ3n) is 1.20. The van der Waals surface area contributed by atoms with Crippen LogP contribution in [-0.2, 0) is 0 Å². The van der Waals surface area contributed by atoms with Crippen molar-refractivity contribution in [3.8, 4) is 6.07 Å². The molecule has 40 valence electrons. The van der Waals surface area contributed by atoms with Crippen molar-refractivity contribution >= 4 is 0 Å². The van der Waals surface area contributed by atoms with Gasteiger partial charge in [-0.3, -0.25) is 0 Å². The van der Waals surface area contributed by atoms with Gasteiger partial charge in [-0.05, 0) is 12.8 Å². The van der Waals surface area contributed by atoms with Gasteiger partial charge in [0.05, 0.1) is 6.07 Å². The summed E-state index contributed by atoms with van der Waals surface area (Å²) in [6.45, 7) is 6.03. The molecular weight excluding hydrogens is 86.1 g/mol. The van der Waals surface area contributed by atoms with Gasteiger partial charge in [0, 0.05) is 5.92 Å². The maximum absolute atomic E-state index is 8.26. The van der Waals surface area contributed by atoms with E-state index < -0.39 is 0 Å². The van der Waals surface area contributed by atoms with Crippen molar-refractivity contribution in [1.82, 2.24) is 0 Å². The highest BCUT2D eigenvalue weighted by atomic mass is 14.3. The van der Waals surface area contributed by atoms with Crippen LogP contribution in [0.1, 0.15) is 20.8 Å². The molecule has 0 aliphatic carbocycles. The summed E-state index contributed by atoms with van der Waals surface area (Å²) in [7, 11) is 0. The van der Waals surface area contributed by atoms with Gasteiger partial charge in [-0.2, -0.15) is 5.26 Å². The third-order valence-corrected chi connectivity index (χ3v) is 1.20. The molecule has 0 radical (unpaired) electrons. The molecule has 1 nitrogen and oxygen atoms in total. The predicted molar refractivity (Wildman–Crippen MR) is 29.6 cm³/mol. The molecule has 0 rings (SSSR count). The average Bonchev–Trinajstić information content (AvgIpc) is 1.65. The predicted octanol–water partition coefficient (Wildman–Crippen LogP) is 1.80. The van der Waals surface area contributed by atoms with Crippen LogP contribution in [0.5, 0.6) is 0 Å². The van der Waals surface area contributed by atoms with Crippen LogP contribution in [0.15, 0.2) is 0 Å². The first-order valence-electron chi connectivity index (χ1n) is 2.58. The van der Waals surface area contributed by atoms with Gasteiger partial charge in [-0.25, -0.2) is 0 Å². The van der Waals surface area contributed by atoms with E-state index in [9.17, 15) is 0 Å². The molecule has 0 aliphatic heterocycles. The van der Waals surface area contributed by atoms with Crippen LogP contribution < -0.4 is 0 Å². The van der Waals surface area contributed by atoms with Gasteiger partial charge in [-0.15, -0.1) is 0 Å². The highest BCUT2D eigenvalue weighted by Crippen LogP contribution is 2.05. The first-order chi connectivity index (χ1) is 3.18. The second-order valence-corrected chi connectivity index (χ2v) is 2.16. The van der Waals surface area contributed by atoms with Crippen LogP contribution in [0.25, 0.3) is 0 Å². The summed E-state index contributed by atoms with van der Waals surface area (Å²) in [4.78, 5) is 0. The molecule has 0 bridgehead atoms. The maximum Gasteiger partial charge on any atom is 0.0655 e. The van der Waals surface area contributed by atoms with E-state index in [4.69, 9.17) is 5.26 Å². The summed E-state index contributed by atoms with van der Waals surface area (Å²) >= 11 is 0. The van der Waals surface area contributed by atoms with E-state index in [1.807, 2.05) is 20.8 Å². The van der Waals surface area contributed by atoms with E-state index in [0.29, 0.717) is 5.92 Å². The molecule has 0 spiro atoms. The molecule has 0 saturated carbocycles.